The summed E-state index contributed by atoms with van der Waals surface area (Å²) in [5.41, 5.74) is 0.887. The van der Waals surface area contributed by atoms with E-state index >= 15 is 0 Å². The normalized spacial score (nSPS) is 14.4. The van der Waals surface area contributed by atoms with E-state index in [1.165, 1.54) is 0 Å². The van der Waals surface area contributed by atoms with E-state index in [9.17, 15) is 4.21 Å². The molecule has 0 aliphatic rings. The van der Waals surface area contributed by atoms with Crippen LogP contribution in [-0.2, 0) is 16.6 Å². The zero-order valence-electron chi connectivity index (χ0n) is 12.1. The number of rotatable bonds is 5. The summed E-state index contributed by atoms with van der Waals surface area (Å²) in [6.07, 6.45) is 1.70. The van der Waals surface area contributed by atoms with Crippen molar-refractivity contribution in [3.8, 4) is 0 Å². The molecule has 0 saturated heterocycles. The average molecular weight is 346 g/mol. The number of aromatic nitrogens is 1. The Hall–Kier alpha value is -0.840. The van der Waals surface area contributed by atoms with Gasteiger partial charge in [-0.25, -0.2) is 4.98 Å². The maximum Gasteiger partial charge on any atom is 0.207 e. The van der Waals surface area contributed by atoms with Gasteiger partial charge in [-0.3, -0.25) is 4.21 Å². The number of benzene rings is 1. The first kappa shape index (κ1) is 16.5. The lowest BCUT2D eigenvalue weighted by molar-refractivity contribution is 0.452. The summed E-state index contributed by atoms with van der Waals surface area (Å²) in [5.74, 6) is 1.87. The average Bonchev–Trinajstić information content (AvgIpc) is 2.89. The minimum absolute atomic E-state index is 0.172. The molecule has 2 rings (SSSR count). The van der Waals surface area contributed by atoms with Crippen LogP contribution in [-0.4, -0.2) is 9.19 Å². The SMILES string of the molecule is CC(C)c1cnc(C[S@](=O)[C@@H](C)c2ccc(Cl)c(Cl)c2)o1. The molecular weight excluding hydrogens is 329 g/mol. The first-order valence-electron chi connectivity index (χ1n) is 6.65. The van der Waals surface area contributed by atoms with Gasteiger partial charge in [-0.05, 0) is 24.6 Å². The molecular formula is C15H17Cl2NO2S. The van der Waals surface area contributed by atoms with Crippen LogP contribution in [0.2, 0.25) is 10.0 Å². The topological polar surface area (TPSA) is 43.1 Å². The molecule has 1 aromatic heterocycles. The van der Waals surface area contributed by atoms with Crippen LogP contribution in [0.5, 0.6) is 0 Å². The van der Waals surface area contributed by atoms with Crippen LogP contribution in [0, 0.1) is 0 Å². The van der Waals surface area contributed by atoms with Crippen LogP contribution >= 0.6 is 23.2 Å². The summed E-state index contributed by atoms with van der Waals surface area (Å²) >= 11 is 11.9. The predicted octanol–water partition coefficient (Wildman–Crippen LogP) is 5.11. The highest BCUT2D eigenvalue weighted by molar-refractivity contribution is 7.84. The molecule has 0 unspecified atom stereocenters. The zero-order chi connectivity index (χ0) is 15.6. The van der Waals surface area contributed by atoms with Gasteiger partial charge in [0.15, 0.2) is 0 Å². The fourth-order valence-electron chi connectivity index (χ4n) is 1.82. The predicted molar refractivity (Wildman–Crippen MR) is 87.3 cm³/mol. The van der Waals surface area contributed by atoms with Crippen LogP contribution in [0.15, 0.2) is 28.8 Å². The second-order valence-corrected chi connectivity index (χ2v) is 7.72. The second kappa shape index (κ2) is 6.95. The third-order valence-corrected chi connectivity index (χ3v) is 5.54. The van der Waals surface area contributed by atoms with Crippen molar-refractivity contribution in [2.24, 2.45) is 0 Å². The molecule has 0 N–H and O–H groups in total. The van der Waals surface area contributed by atoms with E-state index in [1.54, 1.807) is 18.3 Å². The molecule has 1 heterocycles. The van der Waals surface area contributed by atoms with Gasteiger partial charge in [0.25, 0.3) is 0 Å². The Morgan fingerprint density at radius 2 is 1.95 bits per heavy atom. The van der Waals surface area contributed by atoms with Crippen LogP contribution in [0.4, 0.5) is 0 Å². The molecule has 6 heteroatoms. The van der Waals surface area contributed by atoms with Gasteiger partial charge < -0.3 is 4.42 Å². The molecule has 2 aromatic rings. The highest BCUT2D eigenvalue weighted by Crippen LogP contribution is 2.29. The van der Waals surface area contributed by atoms with E-state index in [0.29, 0.717) is 15.9 Å². The maximum atomic E-state index is 12.4. The van der Waals surface area contributed by atoms with Crippen molar-refractivity contribution >= 4 is 34.0 Å². The molecule has 3 nitrogen and oxygen atoms in total. The van der Waals surface area contributed by atoms with Crippen molar-refractivity contribution in [1.29, 1.82) is 0 Å². The fraction of sp³-hybridized carbons (Fsp3) is 0.400. The van der Waals surface area contributed by atoms with Crippen molar-refractivity contribution in [3.63, 3.8) is 0 Å². The van der Waals surface area contributed by atoms with Gasteiger partial charge >= 0.3 is 0 Å². The van der Waals surface area contributed by atoms with Crippen molar-refractivity contribution < 1.29 is 8.63 Å². The first-order valence-corrected chi connectivity index (χ1v) is 8.79. The lowest BCUT2D eigenvalue weighted by Gasteiger charge is -2.11. The van der Waals surface area contributed by atoms with Gasteiger partial charge in [-0.2, -0.15) is 0 Å². The number of hydrogen-bond acceptors (Lipinski definition) is 3. The molecule has 0 saturated carbocycles. The highest BCUT2D eigenvalue weighted by atomic mass is 35.5. The van der Waals surface area contributed by atoms with Crippen LogP contribution in [0.3, 0.4) is 0 Å². The quantitative estimate of drug-likeness (QED) is 0.755. The van der Waals surface area contributed by atoms with Crippen molar-refractivity contribution in [2.75, 3.05) is 0 Å². The third-order valence-electron chi connectivity index (χ3n) is 3.21. The Labute approximate surface area is 137 Å². The van der Waals surface area contributed by atoms with Crippen LogP contribution in [0.1, 0.15) is 49.2 Å². The molecule has 0 spiro atoms. The van der Waals surface area contributed by atoms with Gasteiger partial charge in [-0.1, -0.05) is 43.1 Å². The zero-order valence-corrected chi connectivity index (χ0v) is 14.4. The van der Waals surface area contributed by atoms with Crippen molar-refractivity contribution in [2.45, 2.75) is 37.7 Å². The van der Waals surface area contributed by atoms with Crippen LogP contribution in [0.25, 0.3) is 0 Å². The number of hydrogen-bond donors (Lipinski definition) is 0. The van der Waals surface area contributed by atoms with Gasteiger partial charge in [0.2, 0.25) is 5.89 Å². The Morgan fingerprint density at radius 3 is 2.52 bits per heavy atom. The molecule has 0 aliphatic carbocycles. The Morgan fingerprint density at radius 1 is 1.24 bits per heavy atom. The summed E-state index contributed by atoms with van der Waals surface area (Å²) in [6.45, 7) is 5.95. The van der Waals surface area contributed by atoms with E-state index in [4.69, 9.17) is 27.6 Å². The largest absolute Gasteiger partial charge is 0.444 e. The summed E-state index contributed by atoms with van der Waals surface area (Å²) < 4.78 is 18.0. The van der Waals surface area contributed by atoms with Gasteiger partial charge in [0.05, 0.1) is 21.5 Å². The van der Waals surface area contributed by atoms with Crippen molar-refractivity contribution in [1.82, 2.24) is 4.98 Å². The lowest BCUT2D eigenvalue weighted by Crippen LogP contribution is -2.05. The van der Waals surface area contributed by atoms with E-state index < -0.39 is 10.8 Å². The third kappa shape index (κ3) is 4.09. The number of oxazole rings is 1. The minimum Gasteiger partial charge on any atom is -0.444 e. The Bertz CT molecular complexity index is 655. The second-order valence-electron chi connectivity index (χ2n) is 5.15. The number of halogens is 2. The monoisotopic (exact) mass is 345 g/mol. The Balaban J connectivity index is 2.09. The smallest absolute Gasteiger partial charge is 0.207 e. The lowest BCUT2D eigenvalue weighted by atomic mass is 10.2. The van der Waals surface area contributed by atoms with E-state index in [-0.39, 0.29) is 16.9 Å². The van der Waals surface area contributed by atoms with E-state index in [0.717, 1.165) is 11.3 Å². The highest BCUT2D eigenvalue weighted by Gasteiger charge is 2.18. The van der Waals surface area contributed by atoms with Gasteiger partial charge in [-0.15, -0.1) is 0 Å². The standard InChI is InChI=1S/C15H17Cl2NO2S/c1-9(2)14-7-18-15(20-14)8-21(19)10(3)11-4-5-12(16)13(17)6-11/h4-7,9-10H,8H2,1-3H3/t10-,21-/m0/s1. The fourth-order valence-corrected chi connectivity index (χ4v) is 3.21. The van der Waals surface area contributed by atoms with Gasteiger partial charge in [0.1, 0.15) is 11.5 Å². The summed E-state index contributed by atoms with van der Waals surface area (Å²) in [4.78, 5) is 4.18. The molecule has 114 valence electrons. The number of nitrogens with zero attached hydrogens (tertiary/aromatic N) is 1. The molecule has 0 radical (unpaired) electrons. The summed E-state index contributed by atoms with van der Waals surface area (Å²) in [7, 11) is -1.14. The minimum atomic E-state index is -1.14. The maximum absolute atomic E-state index is 12.4. The molecule has 0 fully saturated rings. The first-order chi connectivity index (χ1) is 9.88. The molecule has 2 atom stereocenters. The molecule has 0 amide bonds. The Kier molecular flexibility index (Phi) is 5.47. The summed E-state index contributed by atoms with van der Waals surface area (Å²) in [5, 5.41) is 0.790. The molecule has 21 heavy (non-hydrogen) atoms. The van der Waals surface area contributed by atoms with Crippen molar-refractivity contribution in [3.05, 3.63) is 51.7 Å². The molecule has 1 aromatic carbocycles. The summed E-state index contributed by atoms with van der Waals surface area (Å²) in [6, 6.07) is 5.31. The van der Waals surface area contributed by atoms with Gasteiger partial charge in [0, 0.05) is 16.7 Å². The van der Waals surface area contributed by atoms with Crippen LogP contribution < -0.4 is 0 Å². The molecule has 0 bridgehead atoms. The van der Waals surface area contributed by atoms with E-state index in [1.807, 2.05) is 26.8 Å². The van der Waals surface area contributed by atoms with E-state index in [2.05, 4.69) is 4.98 Å². The molecule has 0 aliphatic heterocycles.